The predicted molar refractivity (Wildman–Crippen MR) is 76.7 cm³/mol. The fourth-order valence-corrected chi connectivity index (χ4v) is 3.44. The first kappa shape index (κ1) is 12.1. The largest absolute Gasteiger partial charge is 0.507 e. The molecule has 1 N–H and O–H groups in total. The maximum absolute atomic E-state index is 10.9. The summed E-state index contributed by atoms with van der Waals surface area (Å²) in [7, 11) is 0. The van der Waals surface area contributed by atoms with Gasteiger partial charge in [0.2, 0.25) is 0 Å². The second-order valence-electron chi connectivity index (χ2n) is 4.31. The molecule has 2 aromatic carbocycles. The Morgan fingerprint density at radius 2 is 2.00 bits per heavy atom. The molecule has 0 fully saturated rings. The molecule has 4 heteroatoms. The average Bonchev–Trinajstić information content (AvgIpc) is 2.44. The number of phenols is 1. The standard InChI is InChI=1S/C15H13NO2S/c1-2-16-11-5-3-4-6-14(11)19-15-7-10(9-17)13(18)8-12(15)16/h3-9,18H,2H2,1H3. The number of para-hydroxylation sites is 1. The number of carbonyl (C=O) groups is 1. The molecule has 0 aromatic heterocycles. The fourth-order valence-electron chi connectivity index (χ4n) is 2.32. The summed E-state index contributed by atoms with van der Waals surface area (Å²) in [6.45, 7) is 2.88. The zero-order valence-electron chi connectivity index (χ0n) is 10.5. The van der Waals surface area contributed by atoms with E-state index in [0.717, 1.165) is 22.8 Å². The fraction of sp³-hybridized carbons (Fsp3) is 0.133. The second kappa shape index (κ2) is 4.63. The van der Waals surface area contributed by atoms with E-state index >= 15 is 0 Å². The van der Waals surface area contributed by atoms with Crippen LogP contribution in [0.2, 0.25) is 0 Å². The second-order valence-corrected chi connectivity index (χ2v) is 5.39. The van der Waals surface area contributed by atoms with Crippen LogP contribution in [0.5, 0.6) is 5.75 Å². The number of fused-ring (bicyclic) bond motifs is 2. The van der Waals surface area contributed by atoms with E-state index in [4.69, 9.17) is 0 Å². The molecule has 19 heavy (non-hydrogen) atoms. The van der Waals surface area contributed by atoms with Gasteiger partial charge >= 0.3 is 0 Å². The van der Waals surface area contributed by atoms with Crippen LogP contribution in [0, 0.1) is 0 Å². The van der Waals surface area contributed by atoms with Gasteiger partial charge in [0.15, 0.2) is 6.29 Å². The predicted octanol–water partition coefficient (Wildman–Crippen LogP) is 3.83. The molecule has 3 nitrogen and oxygen atoms in total. The molecule has 0 atom stereocenters. The number of aromatic hydroxyl groups is 1. The molecule has 2 aromatic rings. The van der Waals surface area contributed by atoms with Crippen molar-refractivity contribution in [1.29, 1.82) is 0 Å². The maximum atomic E-state index is 10.9. The number of carbonyl (C=O) groups excluding carboxylic acids is 1. The van der Waals surface area contributed by atoms with Crippen molar-refractivity contribution in [2.24, 2.45) is 0 Å². The number of hydrogen-bond acceptors (Lipinski definition) is 4. The highest BCUT2D eigenvalue weighted by molar-refractivity contribution is 7.99. The van der Waals surface area contributed by atoms with E-state index in [9.17, 15) is 9.90 Å². The minimum Gasteiger partial charge on any atom is -0.507 e. The van der Waals surface area contributed by atoms with Gasteiger partial charge in [0, 0.05) is 22.4 Å². The zero-order chi connectivity index (χ0) is 13.4. The highest BCUT2D eigenvalue weighted by atomic mass is 32.2. The summed E-state index contributed by atoms with van der Waals surface area (Å²) in [6, 6.07) is 11.6. The molecule has 1 aliphatic rings. The number of phenolic OH excluding ortho intramolecular Hbond substituents is 1. The first-order valence-corrected chi connectivity index (χ1v) is 6.93. The van der Waals surface area contributed by atoms with Crippen LogP contribution < -0.4 is 4.90 Å². The molecule has 96 valence electrons. The van der Waals surface area contributed by atoms with E-state index in [0.29, 0.717) is 11.8 Å². The Morgan fingerprint density at radius 3 is 2.74 bits per heavy atom. The van der Waals surface area contributed by atoms with Crippen molar-refractivity contribution < 1.29 is 9.90 Å². The highest BCUT2D eigenvalue weighted by Crippen LogP contribution is 2.49. The van der Waals surface area contributed by atoms with Gasteiger partial charge < -0.3 is 10.0 Å². The van der Waals surface area contributed by atoms with Gasteiger partial charge in [-0.1, -0.05) is 23.9 Å². The quantitative estimate of drug-likeness (QED) is 0.843. The monoisotopic (exact) mass is 271 g/mol. The Hall–Kier alpha value is -1.94. The van der Waals surface area contributed by atoms with E-state index < -0.39 is 0 Å². The Balaban J connectivity index is 2.20. The van der Waals surface area contributed by atoms with Crippen LogP contribution in [-0.2, 0) is 0 Å². The van der Waals surface area contributed by atoms with Crippen LogP contribution in [0.4, 0.5) is 11.4 Å². The Kier molecular flexibility index (Phi) is 2.95. The molecule has 0 unspecified atom stereocenters. The summed E-state index contributed by atoms with van der Waals surface area (Å²) < 4.78 is 0. The number of nitrogens with zero attached hydrogens (tertiary/aromatic N) is 1. The van der Waals surface area contributed by atoms with Gasteiger partial charge in [-0.3, -0.25) is 4.79 Å². The first-order valence-electron chi connectivity index (χ1n) is 6.11. The zero-order valence-corrected chi connectivity index (χ0v) is 11.3. The molecule has 1 heterocycles. The Bertz CT molecular complexity index is 655. The molecular formula is C15H13NO2S. The maximum Gasteiger partial charge on any atom is 0.153 e. The van der Waals surface area contributed by atoms with Crippen LogP contribution in [0.15, 0.2) is 46.2 Å². The normalized spacial score (nSPS) is 12.8. The van der Waals surface area contributed by atoms with Gasteiger partial charge in [0.05, 0.1) is 16.9 Å². The van der Waals surface area contributed by atoms with Gasteiger partial charge in [-0.25, -0.2) is 0 Å². The average molecular weight is 271 g/mol. The van der Waals surface area contributed by atoms with Gasteiger partial charge in [-0.05, 0) is 25.1 Å². The van der Waals surface area contributed by atoms with Crippen LogP contribution in [-0.4, -0.2) is 17.9 Å². The van der Waals surface area contributed by atoms with E-state index in [1.165, 1.54) is 4.90 Å². The third kappa shape index (κ3) is 1.88. The van der Waals surface area contributed by atoms with Crippen molar-refractivity contribution >= 4 is 29.4 Å². The minimum absolute atomic E-state index is 0.0344. The van der Waals surface area contributed by atoms with Crippen molar-refractivity contribution in [2.75, 3.05) is 11.4 Å². The molecule has 0 saturated carbocycles. The summed E-state index contributed by atoms with van der Waals surface area (Å²) in [5, 5.41) is 9.86. The van der Waals surface area contributed by atoms with Gasteiger partial charge in [0.25, 0.3) is 0 Å². The Labute approximate surface area is 115 Å². The number of hydrogen-bond donors (Lipinski definition) is 1. The summed E-state index contributed by atoms with van der Waals surface area (Å²) in [5.74, 6) is 0.0344. The van der Waals surface area contributed by atoms with Gasteiger partial charge in [0.1, 0.15) is 5.75 Å². The highest BCUT2D eigenvalue weighted by Gasteiger charge is 2.23. The minimum atomic E-state index is 0.0344. The lowest BCUT2D eigenvalue weighted by Crippen LogP contribution is -2.20. The third-order valence-electron chi connectivity index (χ3n) is 3.22. The SMILES string of the molecule is CCN1c2ccccc2Sc2cc(C=O)c(O)cc21. The van der Waals surface area contributed by atoms with Crippen LogP contribution in [0.25, 0.3) is 0 Å². The molecule has 0 radical (unpaired) electrons. The molecule has 0 aliphatic carbocycles. The summed E-state index contributed by atoms with van der Waals surface area (Å²) in [5.41, 5.74) is 2.43. The van der Waals surface area contributed by atoms with E-state index in [1.54, 1.807) is 23.9 Å². The third-order valence-corrected chi connectivity index (χ3v) is 4.33. The molecule has 0 saturated heterocycles. The summed E-state index contributed by atoms with van der Waals surface area (Å²) >= 11 is 1.63. The van der Waals surface area contributed by atoms with Crippen molar-refractivity contribution in [3.05, 3.63) is 42.0 Å². The number of benzene rings is 2. The molecule has 0 amide bonds. The smallest absolute Gasteiger partial charge is 0.153 e. The van der Waals surface area contributed by atoms with Crippen molar-refractivity contribution in [3.8, 4) is 5.75 Å². The number of aldehydes is 1. The lowest BCUT2D eigenvalue weighted by atomic mass is 10.1. The van der Waals surface area contributed by atoms with Crippen LogP contribution >= 0.6 is 11.8 Å². The van der Waals surface area contributed by atoms with Crippen molar-refractivity contribution in [2.45, 2.75) is 16.7 Å². The molecule has 0 bridgehead atoms. The van der Waals surface area contributed by atoms with E-state index in [2.05, 4.69) is 24.0 Å². The Morgan fingerprint density at radius 1 is 1.21 bits per heavy atom. The van der Waals surface area contributed by atoms with E-state index in [-0.39, 0.29) is 5.75 Å². The lowest BCUT2D eigenvalue weighted by Gasteiger charge is -2.32. The van der Waals surface area contributed by atoms with Crippen LogP contribution in [0.1, 0.15) is 17.3 Å². The van der Waals surface area contributed by atoms with Crippen molar-refractivity contribution in [3.63, 3.8) is 0 Å². The lowest BCUT2D eigenvalue weighted by molar-refractivity contribution is 0.112. The molecule has 3 rings (SSSR count). The molecule has 1 aliphatic heterocycles. The summed E-state index contributed by atoms with van der Waals surface area (Å²) in [4.78, 5) is 15.2. The first-order chi connectivity index (χ1) is 9.24. The summed E-state index contributed by atoms with van der Waals surface area (Å²) in [6.07, 6.45) is 0.687. The van der Waals surface area contributed by atoms with Gasteiger partial charge in [-0.15, -0.1) is 0 Å². The van der Waals surface area contributed by atoms with Gasteiger partial charge in [-0.2, -0.15) is 0 Å². The molecular weight excluding hydrogens is 258 g/mol. The topological polar surface area (TPSA) is 40.5 Å². The molecule has 0 spiro atoms. The van der Waals surface area contributed by atoms with Crippen LogP contribution in [0.3, 0.4) is 0 Å². The van der Waals surface area contributed by atoms with Crippen molar-refractivity contribution in [1.82, 2.24) is 0 Å². The van der Waals surface area contributed by atoms with E-state index in [1.807, 2.05) is 12.1 Å². The number of anilines is 2. The number of rotatable bonds is 2.